The number of nitrogens with one attached hydrogen (secondary N) is 2. The maximum absolute atomic E-state index is 11.9. The fraction of sp³-hybridized carbons (Fsp3) is 0.467. The Morgan fingerprint density at radius 3 is 2.86 bits per heavy atom. The van der Waals surface area contributed by atoms with E-state index in [1.807, 2.05) is 13.0 Å². The summed E-state index contributed by atoms with van der Waals surface area (Å²) in [5.41, 5.74) is 8.13. The molecule has 0 aliphatic carbocycles. The summed E-state index contributed by atoms with van der Waals surface area (Å²) in [5.74, 6) is -0.123. The van der Waals surface area contributed by atoms with Crippen molar-refractivity contribution in [2.45, 2.75) is 26.3 Å². The van der Waals surface area contributed by atoms with Crippen molar-refractivity contribution in [3.05, 3.63) is 23.8 Å². The van der Waals surface area contributed by atoms with Crippen LogP contribution in [-0.2, 0) is 4.79 Å². The summed E-state index contributed by atoms with van der Waals surface area (Å²) in [6.45, 7) is 5.52. The highest BCUT2D eigenvalue weighted by atomic mass is 16.2. The van der Waals surface area contributed by atoms with Gasteiger partial charge in [0.2, 0.25) is 5.91 Å². The smallest absolute Gasteiger partial charge is 0.251 e. The van der Waals surface area contributed by atoms with Crippen molar-refractivity contribution in [2.75, 3.05) is 30.3 Å². The van der Waals surface area contributed by atoms with Crippen LogP contribution >= 0.6 is 0 Å². The average molecular weight is 290 g/mol. The molecule has 4 N–H and O–H groups in total. The van der Waals surface area contributed by atoms with Crippen molar-refractivity contribution in [3.63, 3.8) is 0 Å². The van der Waals surface area contributed by atoms with Gasteiger partial charge in [-0.05, 0) is 31.5 Å². The number of rotatable bonds is 4. The zero-order chi connectivity index (χ0) is 15.4. The Morgan fingerprint density at radius 2 is 2.19 bits per heavy atom. The van der Waals surface area contributed by atoms with Gasteiger partial charge in [0.25, 0.3) is 5.91 Å². The quantitative estimate of drug-likeness (QED) is 0.714. The summed E-state index contributed by atoms with van der Waals surface area (Å²) in [6.07, 6.45) is 0.879. The second-order valence-corrected chi connectivity index (χ2v) is 5.27. The van der Waals surface area contributed by atoms with E-state index in [2.05, 4.69) is 15.5 Å². The van der Waals surface area contributed by atoms with Crippen molar-refractivity contribution in [2.24, 2.45) is 0 Å². The number of nitrogen functional groups attached to an aromatic ring is 1. The largest absolute Gasteiger partial charge is 0.397 e. The molecule has 1 unspecified atom stereocenters. The molecule has 0 radical (unpaired) electrons. The average Bonchev–Trinajstić information content (AvgIpc) is 2.87. The number of nitrogens with two attached hydrogens (primary N) is 1. The van der Waals surface area contributed by atoms with E-state index in [4.69, 9.17) is 5.73 Å². The molecule has 1 aromatic rings. The van der Waals surface area contributed by atoms with E-state index < -0.39 is 0 Å². The first-order valence-corrected chi connectivity index (χ1v) is 7.21. The predicted molar refractivity (Wildman–Crippen MR) is 83.3 cm³/mol. The van der Waals surface area contributed by atoms with Gasteiger partial charge in [0.15, 0.2) is 0 Å². The van der Waals surface area contributed by atoms with Crippen molar-refractivity contribution in [3.8, 4) is 0 Å². The second-order valence-electron chi connectivity index (χ2n) is 5.27. The molecule has 2 amide bonds. The molecule has 1 aliphatic heterocycles. The third-order valence-electron chi connectivity index (χ3n) is 3.57. The molecular formula is C15H22N4O2. The third-order valence-corrected chi connectivity index (χ3v) is 3.57. The molecule has 0 saturated carbocycles. The lowest BCUT2D eigenvalue weighted by atomic mass is 10.1. The number of hydrogen-bond donors (Lipinski definition) is 3. The molecule has 1 atom stereocenters. The minimum absolute atomic E-state index is 0.0223. The molecule has 21 heavy (non-hydrogen) atoms. The van der Waals surface area contributed by atoms with Gasteiger partial charge in [-0.3, -0.25) is 9.59 Å². The van der Waals surface area contributed by atoms with Gasteiger partial charge in [-0.25, -0.2) is 0 Å². The van der Waals surface area contributed by atoms with Gasteiger partial charge in [-0.2, -0.15) is 0 Å². The van der Waals surface area contributed by atoms with Gasteiger partial charge in [-0.15, -0.1) is 0 Å². The SMILES string of the molecule is CCNC(=O)c1ccc(N)c(N2CCC(NC(C)=O)C2)c1. The summed E-state index contributed by atoms with van der Waals surface area (Å²) in [7, 11) is 0. The summed E-state index contributed by atoms with van der Waals surface area (Å²) in [6, 6.07) is 5.43. The van der Waals surface area contributed by atoms with Crippen molar-refractivity contribution >= 4 is 23.2 Å². The fourth-order valence-corrected chi connectivity index (χ4v) is 2.61. The van der Waals surface area contributed by atoms with Crippen LogP contribution < -0.4 is 21.3 Å². The summed E-state index contributed by atoms with van der Waals surface area (Å²) >= 11 is 0. The van der Waals surface area contributed by atoms with E-state index in [9.17, 15) is 9.59 Å². The molecule has 1 aromatic carbocycles. The Balaban J connectivity index is 2.14. The molecule has 1 heterocycles. The fourth-order valence-electron chi connectivity index (χ4n) is 2.61. The van der Waals surface area contributed by atoms with Gasteiger partial charge in [-0.1, -0.05) is 0 Å². The van der Waals surface area contributed by atoms with Crippen LogP contribution in [0.5, 0.6) is 0 Å². The first-order chi connectivity index (χ1) is 10.0. The van der Waals surface area contributed by atoms with Gasteiger partial charge >= 0.3 is 0 Å². The van der Waals surface area contributed by atoms with E-state index in [0.717, 1.165) is 18.7 Å². The van der Waals surface area contributed by atoms with Crippen LogP contribution in [0.25, 0.3) is 0 Å². The molecule has 1 aliphatic rings. The lowest BCUT2D eigenvalue weighted by molar-refractivity contribution is -0.119. The lowest BCUT2D eigenvalue weighted by Gasteiger charge is -2.21. The molecule has 0 bridgehead atoms. The number of benzene rings is 1. The van der Waals surface area contributed by atoms with E-state index in [1.165, 1.54) is 6.92 Å². The highest BCUT2D eigenvalue weighted by Gasteiger charge is 2.25. The Hall–Kier alpha value is -2.24. The Kier molecular flexibility index (Phi) is 4.67. The van der Waals surface area contributed by atoms with Crippen molar-refractivity contribution < 1.29 is 9.59 Å². The van der Waals surface area contributed by atoms with E-state index in [0.29, 0.717) is 24.3 Å². The van der Waals surface area contributed by atoms with E-state index in [-0.39, 0.29) is 17.9 Å². The monoisotopic (exact) mass is 290 g/mol. The maximum atomic E-state index is 11.9. The Bertz CT molecular complexity index is 544. The lowest BCUT2D eigenvalue weighted by Crippen LogP contribution is -2.35. The van der Waals surface area contributed by atoms with Crippen LogP contribution in [0.1, 0.15) is 30.6 Å². The van der Waals surface area contributed by atoms with Crippen LogP contribution in [0.4, 0.5) is 11.4 Å². The number of nitrogens with zero attached hydrogens (tertiary/aromatic N) is 1. The van der Waals surface area contributed by atoms with Crippen molar-refractivity contribution in [1.82, 2.24) is 10.6 Å². The number of carbonyl (C=O) groups excluding carboxylic acids is 2. The summed E-state index contributed by atoms with van der Waals surface area (Å²) in [5, 5.41) is 5.70. The highest BCUT2D eigenvalue weighted by molar-refractivity contribution is 5.96. The molecule has 1 saturated heterocycles. The molecule has 2 rings (SSSR count). The molecule has 114 valence electrons. The topological polar surface area (TPSA) is 87.5 Å². The predicted octanol–water partition coefficient (Wildman–Crippen LogP) is 0.733. The normalized spacial score (nSPS) is 17.6. The van der Waals surface area contributed by atoms with Gasteiger partial charge in [0.05, 0.1) is 11.4 Å². The first-order valence-electron chi connectivity index (χ1n) is 7.21. The number of hydrogen-bond acceptors (Lipinski definition) is 4. The second kappa shape index (κ2) is 6.47. The Morgan fingerprint density at radius 1 is 1.43 bits per heavy atom. The van der Waals surface area contributed by atoms with Crippen molar-refractivity contribution in [1.29, 1.82) is 0 Å². The molecule has 1 fully saturated rings. The van der Waals surface area contributed by atoms with Crippen LogP contribution in [0.15, 0.2) is 18.2 Å². The number of carbonyl (C=O) groups is 2. The van der Waals surface area contributed by atoms with Crippen LogP contribution in [0, 0.1) is 0 Å². The molecular weight excluding hydrogens is 268 g/mol. The molecule has 0 aromatic heterocycles. The zero-order valence-electron chi connectivity index (χ0n) is 12.5. The molecule has 6 heteroatoms. The number of amides is 2. The number of anilines is 2. The van der Waals surface area contributed by atoms with Crippen LogP contribution in [-0.4, -0.2) is 37.5 Å². The summed E-state index contributed by atoms with van der Waals surface area (Å²) in [4.78, 5) is 25.1. The summed E-state index contributed by atoms with van der Waals surface area (Å²) < 4.78 is 0. The third kappa shape index (κ3) is 3.65. The maximum Gasteiger partial charge on any atom is 0.251 e. The Labute approximate surface area is 124 Å². The first kappa shape index (κ1) is 15.2. The van der Waals surface area contributed by atoms with Crippen LogP contribution in [0.2, 0.25) is 0 Å². The van der Waals surface area contributed by atoms with Gasteiger partial charge in [0, 0.05) is 38.2 Å². The minimum Gasteiger partial charge on any atom is -0.397 e. The van der Waals surface area contributed by atoms with E-state index >= 15 is 0 Å². The van der Waals surface area contributed by atoms with Crippen LogP contribution in [0.3, 0.4) is 0 Å². The molecule has 0 spiro atoms. The van der Waals surface area contributed by atoms with Gasteiger partial charge in [0.1, 0.15) is 0 Å². The van der Waals surface area contributed by atoms with Gasteiger partial charge < -0.3 is 21.3 Å². The molecule has 6 nitrogen and oxygen atoms in total. The van der Waals surface area contributed by atoms with E-state index in [1.54, 1.807) is 12.1 Å². The highest BCUT2D eigenvalue weighted by Crippen LogP contribution is 2.28. The standard InChI is InChI=1S/C15H22N4O2/c1-3-17-15(21)11-4-5-13(16)14(8-11)19-7-6-12(9-19)18-10(2)20/h4-5,8,12H,3,6-7,9,16H2,1-2H3,(H,17,21)(H,18,20). The zero-order valence-corrected chi connectivity index (χ0v) is 12.5. The minimum atomic E-state index is -0.101.